The fourth-order valence-electron chi connectivity index (χ4n) is 4.32. The Morgan fingerprint density at radius 3 is 2.52 bits per heavy atom. The number of benzene rings is 2. The number of para-hydroxylation sites is 1. The predicted molar refractivity (Wildman–Crippen MR) is 113 cm³/mol. The second kappa shape index (κ2) is 9.01. The highest BCUT2D eigenvalue weighted by molar-refractivity contribution is 5.65. The second-order valence-corrected chi connectivity index (χ2v) is 7.91. The highest BCUT2D eigenvalue weighted by Crippen LogP contribution is 2.39. The third-order valence-electron chi connectivity index (χ3n) is 5.95. The quantitative estimate of drug-likeness (QED) is 0.808. The minimum absolute atomic E-state index is 0.0286. The zero-order valence-corrected chi connectivity index (χ0v) is 17.0. The third-order valence-corrected chi connectivity index (χ3v) is 5.95. The van der Waals surface area contributed by atoms with E-state index in [-0.39, 0.29) is 17.8 Å². The van der Waals surface area contributed by atoms with Crippen LogP contribution in [0.1, 0.15) is 24.8 Å². The number of nitrogens with zero attached hydrogens (tertiary/aromatic N) is 2. The number of rotatable bonds is 6. The Bertz CT molecular complexity index is 822. The molecule has 0 saturated carbocycles. The monoisotopic (exact) mass is 399 g/mol. The lowest BCUT2D eigenvalue weighted by molar-refractivity contribution is 0.171. The number of nitrogens with two attached hydrogens (primary N) is 1. The molecule has 6 heteroatoms. The van der Waals surface area contributed by atoms with Crippen molar-refractivity contribution in [2.45, 2.75) is 25.3 Å². The van der Waals surface area contributed by atoms with Gasteiger partial charge in [0.15, 0.2) is 11.5 Å². The second-order valence-electron chi connectivity index (χ2n) is 7.91. The van der Waals surface area contributed by atoms with Gasteiger partial charge in [-0.25, -0.2) is 4.39 Å². The van der Waals surface area contributed by atoms with Gasteiger partial charge < -0.3 is 20.1 Å². The lowest BCUT2D eigenvalue weighted by Gasteiger charge is -2.38. The van der Waals surface area contributed by atoms with Gasteiger partial charge in [0, 0.05) is 38.1 Å². The molecule has 2 heterocycles. The molecule has 156 valence electrons. The molecule has 0 unspecified atom stereocenters. The summed E-state index contributed by atoms with van der Waals surface area (Å²) in [5.74, 6) is 1.57. The first kappa shape index (κ1) is 20.0. The molecule has 2 aliphatic heterocycles. The van der Waals surface area contributed by atoms with Gasteiger partial charge in [0.2, 0.25) is 0 Å². The molecule has 2 aromatic carbocycles. The number of halogens is 1. The number of piperazine rings is 1. The molecule has 0 radical (unpaired) electrons. The van der Waals surface area contributed by atoms with Gasteiger partial charge in [-0.3, -0.25) is 4.90 Å². The van der Waals surface area contributed by atoms with Gasteiger partial charge in [0.1, 0.15) is 19.0 Å². The topological polar surface area (TPSA) is 51.0 Å². The molecule has 5 nitrogen and oxygen atoms in total. The van der Waals surface area contributed by atoms with Crippen LogP contribution in [0.2, 0.25) is 0 Å². The molecule has 2 aliphatic rings. The van der Waals surface area contributed by atoms with Crippen molar-refractivity contribution in [2.75, 3.05) is 50.8 Å². The average molecular weight is 400 g/mol. The standard InChI is InChI=1S/C23H30FN3O2/c1-17(25)18(19-5-2-3-6-20(19)24)9-10-26-11-13-27(14-12-26)21-7-4-8-22-23(21)29-16-15-28-22/h2-8,17-18H,9-16,25H2,1H3/t17-,18+/m1/s1. The zero-order valence-electron chi connectivity index (χ0n) is 17.0. The van der Waals surface area contributed by atoms with Crippen molar-refractivity contribution in [3.63, 3.8) is 0 Å². The number of anilines is 1. The maximum absolute atomic E-state index is 14.2. The van der Waals surface area contributed by atoms with E-state index in [1.54, 1.807) is 6.07 Å². The Morgan fingerprint density at radius 2 is 1.76 bits per heavy atom. The first-order valence-corrected chi connectivity index (χ1v) is 10.5. The fourth-order valence-corrected chi connectivity index (χ4v) is 4.32. The molecular formula is C23H30FN3O2. The summed E-state index contributed by atoms with van der Waals surface area (Å²) < 4.78 is 25.8. The van der Waals surface area contributed by atoms with Crippen LogP contribution >= 0.6 is 0 Å². The van der Waals surface area contributed by atoms with Crippen LogP contribution in [-0.2, 0) is 0 Å². The third kappa shape index (κ3) is 4.49. The smallest absolute Gasteiger partial charge is 0.184 e. The Hall–Kier alpha value is -2.31. The normalized spacial score (nSPS) is 19.1. The summed E-state index contributed by atoms with van der Waals surface area (Å²) >= 11 is 0. The molecule has 0 amide bonds. The Morgan fingerprint density at radius 1 is 1.00 bits per heavy atom. The van der Waals surface area contributed by atoms with Crippen LogP contribution in [0.15, 0.2) is 42.5 Å². The summed E-state index contributed by atoms with van der Waals surface area (Å²) in [5, 5.41) is 0. The Balaban J connectivity index is 1.35. The lowest BCUT2D eigenvalue weighted by Crippen LogP contribution is -2.47. The summed E-state index contributed by atoms with van der Waals surface area (Å²) in [6.45, 7) is 7.88. The van der Waals surface area contributed by atoms with Crippen LogP contribution in [0.3, 0.4) is 0 Å². The van der Waals surface area contributed by atoms with Crippen molar-refractivity contribution in [1.82, 2.24) is 4.90 Å². The number of ether oxygens (including phenoxy) is 2. The molecule has 0 aromatic heterocycles. The van der Waals surface area contributed by atoms with Gasteiger partial charge in [-0.05, 0) is 43.7 Å². The largest absolute Gasteiger partial charge is 0.486 e. The lowest BCUT2D eigenvalue weighted by atomic mass is 9.89. The summed E-state index contributed by atoms with van der Waals surface area (Å²) in [6.07, 6.45) is 0.857. The SMILES string of the molecule is C[C@@H](N)[C@H](CCN1CCN(c2cccc3c2OCCO3)CC1)c1ccccc1F. The van der Waals surface area contributed by atoms with Crippen LogP contribution in [0, 0.1) is 5.82 Å². The molecule has 1 fully saturated rings. The van der Waals surface area contributed by atoms with E-state index in [0.29, 0.717) is 13.2 Å². The van der Waals surface area contributed by atoms with Gasteiger partial charge in [0.25, 0.3) is 0 Å². The Labute approximate surface area is 172 Å². The van der Waals surface area contributed by atoms with Crippen LogP contribution in [-0.4, -0.2) is 56.9 Å². The summed E-state index contributed by atoms with van der Waals surface area (Å²) in [4.78, 5) is 4.81. The van der Waals surface area contributed by atoms with Crippen LogP contribution in [0.25, 0.3) is 0 Å². The van der Waals surface area contributed by atoms with Gasteiger partial charge >= 0.3 is 0 Å². The number of fused-ring (bicyclic) bond motifs is 1. The predicted octanol–water partition coefficient (Wildman–Crippen LogP) is 3.24. The molecule has 29 heavy (non-hydrogen) atoms. The first-order valence-electron chi connectivity index (χ1n) is 10.5. The minimum atomic E-state index is -0.157. The van der Waals surface area contributed by atoms with E-state index in [0.717, 1.165) is 61.9 Å². The zero-order chi connectivity index (χ0) is 20.2. The van der Waals surface area contributed by atoms with E-state index >= 15 is 0 Å². The van der Waals surface area contributed by atoms with Crippen LogP contribution in [0.5, 0.6) is 11.5 Å². The van der Waals surface area contributed by atoms with Crippen molar-refractivity contribution in [3.8, 4) is 11.5 Å². The van der Waals surface area contributed by atoms with E-state index in [1.807, 2.05) is 31.2 Å². The molecular weight excluding hydrogens is 369 g/mol. The summed E-state index contributed by atoms with van der Waals surface area (Å²) in [7, 11) is 0. The van der Waals surface area contributed by atoms with Crippen molar-refractivity contribution >= 4 is 5.69 Å². The van der Waals surface area contributed by atoms with Gasteiger partial charge in [0.05, 0.1) is 5.69 Å². The van der Waals surface area contributed by atoms with Crippen LogP contribution in [0.4, 0.5) is 10.1 Å². The number of hydrogen-bond acceptors (Lipinski definition) is 5. The van der Waals surface area contributed by atoms with E-state index in [4.69, 9.17) is 15.2 Å². The van der Waals surface area contributed by atoms with Crippen LogP contribution < -0.4 is 20.1 Å². The van der Waals surface area contributed by atoms with Gasteiger partial charge in [-0.15, -0.1) is 0 Å². The van der Waals surface area contributed by atoms with E-state index < -0.39 is 0 Å². The molecule has 1 saturated heterocycles. The summed E-state index contributed by atoms with van der Waals surface area (Å²) in [5.41, 5.74) is 8.04. The van der Waals surface area contributed by atoms with E-state index in [2.05, 4.69) is 15.9 Å². The van der Waals surface area contributed by atoms with Gasteiger partial charge in [-0.1, -0.05) is 24.3 Å². The van der Waals surface area contributed by atoms with E-state index in [9.17, 15) is 4.39 Å². The van der Waals surface area contributed by atoms with Crippen molar-refractivity contribution in [1.29, 1.82) is 0 Å². The molecule has 2 atom stereocenters. The first-order chi connectivity index (χ1) is 14.1. The highest BCUT2D eigenvalue weighted by Gasteiger charge is 2.25. The highest BCUT2D eigenvalue weighted by atomic mass is 19.1. The summed E-state index contributed by atoms with van der Waals surface area (Å²) in [6, 6.07) is 13.0. The maximum Gasteiger partial charge on any atom is 0.184 e. The molecule has 2 N–H and O–H groups in total. The molecule has 4 rings (SSSR count). The number of hydrogen-bond donors (Lipinski definition) is 1. The van der Waals surface area contributed by atoms with E-state index in [1.165, 1.54) is 6.07 Å². The average Bonchev–Trinajstić information content (AvgIpc) is 2.75. The van der Waals surface area contributed by atoms with Crippen molar-refractivity contribution in [2.24, 2.45) is 5.73 Å². The Kier molecular flexibility index (Phi) is 6.21. The van der Waals surface area contributed by atoms with Gasteiger partial charge in [-0.2, -0.15) is 0 Å². The fraction of sp³-hybridized carbons (Fsp3) is 0.478. The molecule has 2 aromatic rings. The molecule has 0 aliphatic carbocycles. The maximum atomic E-state index is 14.2. The molecule has 0 spiro atoms. The van der Waals surface area contributed by atoms with Crippen molar-refractivity contribution < 1.29 is 13.9 Å². The molecule has 0 bridgehead atoms. The van der Waals surface area contributed by atoms with Crippen molar-refractivity contribution in [3.05, 3.63) is 53.8 Å². The minimum Gasteiger partial charge on any atom is -0.486 e.